The van der Waals surface area contributed by atoms with E-state index in [1.165, 1.54) is 9.13 Å². The molecule has 21 heavy (non-hydrogen) atoms. The number of methoxy groups -OCH3 is 2. The van der Waals surface area contributed by atoms with Crippen LogP contribution < -0.4 is 9.47 Å². The van der Waals surface area contributed by atoms with Gasteiger partial charge in [0, 0.05) is 9.13 Å². The summed E-state index contributed by atoms with van der Waals surface area (Å²) >= 11 is 12.5. The first-order valence-electron chi connectivity index (χ1n) is 6.30. The summed E-state index contributed by atoms with van der Waals surface area (Å²) in [5, 5.41) is -0.297. The molecule has 2 rings (SSSR count). The van der Waals surface area contributed by atoms with Crippen molar-refractivity contribution in [1.29, 1.82) is 0 Å². The number of ether oxygens (including phenoxy) is 2. The molecule has 0 fully saturated rings. The second-order valence-corrected chi connectivity index (χ2v) is 6.94. The molecular weight excluding hydrogens is 466 g/mol. The Kier molecular flexibility index (Phi) is 5.80. The lowest BCUT2D eigenvalue weighted by atomic mass is 10.0. The first-order valence-corrected chi connectivity index (χ1v) is 8.61. The predicted molar refractivity (Wildman–Crippen MR) is 98.8 cm³/mol. The van der Waals surface area contributed by atoms with Crippen molar-refractivity contribution >= 4 is 50.1 Å². The van der Waals surface area contributed by atoms with Gasteiger partial charge in [-0.2, -0.15) is 0 Å². The van der Waals surface area contributed by atoms with Gasteiger partial charge in [-0.3, -0.25) is 0 Å². The first-order chi connectivity index (χ1) is 9.99. The first kappa shape index (κ1) is 16.9. The Hall–Kier alpha value is -0.460. The minimum absolute atomic E-state index is 0.297. The maximum Gasteiger partial charge on any atom is 0.133 e. The van der Waals surface area contributed by atoms with Gasteiger partial charge in [-0.1, -0.05) is 18.2 Å². The summed E-state index contributed by atoms with van der Waals surface area (Å²) < 4.78 is 12.8. The van der Waals surface area contributed by atoms with E-state index in [1.807, 2.05) is 24.3 Å². The lowest BCUT2D eigenvalue weighted by Crippen LogP contribution is -2.02. The smallest absolute Gasteiger partial charge is 0.133 e. The van der Waals surface area contributed by atoms with E-state index in [0.717, 1.165) is 27.1 Å². The molecule has 112 valence electrons. The maximum absolute atomic E-state index is 6.72. The Bertz CT molecular complexity index is 661. The molecule has 0 N–H and O–H groups in total. The zero-order valence-corrected chi connectivity index (χ0v) is 16.4. The number of rotatable bonds is 4. The highest BCUT2D eigenvalue weighted by Crippen LogP contribution is 2.42. The lowest BCUT2D eigenvalue weighted by Gasteiger charge is -2.18. The van der Waals surface area contributed by atoms with Gasteiger partial charge in [0.1, 0.15) is 11.5 Å². The predicted octanol–water partition coefficient (Wildman–Crippen LogP) is 5.71. The van der Waals surface area contributed by atoms with Crippen molar-refractivity contribution in [2.24, 2.45) is 0 Å². The van der Waals surface area contributed by atoms with E-state index >= 15 is 0 Å². The molecular formula is C16H15BrClIO2. The highest BCUT2D eigenvalue weighted by molar-refractivity contribution is 14.1. The van der Waals surface area contributed by atoms with Gasteiger partial charge >= 0.3 is 0 Å². The molecule has 0 saturated carbocycles. The van der Waals surface area contributed by atoms with Gasteiger partial charge in [-0.25, -0.2) is 0 Å². The molecule has 0 aliphatic rings. The highest BCUT2D eigenvalue weighted by Gasteiger charge is 2.21. The Morgan fingerprint density at radius 1 is 1.10 bits per heavy atom. The Labute approximate surface area is 152 Å². The second kappa shape index (κ2) is 7.20. The average Bonchev–Trinajstić information content (AvgIpc) is 2.49. The van der Waals surface area contributed by atoms with E-state index in [4.69, 9.17) is 21.1 Å². The average molecular weight is 482 g/mol. The number of halogens is 3. The van der Waals surface area contributed by atoms with Crippen LogP contribution in [-0.2, 0) is 0 Å². The van der Waals surface area contributed by atoms with Crippen LogP contribution in [-0.4, -0.2) is 14.2 Å². The number of hydrogen-bond donors (Lipinski definition) is 0. The summed E-state index contributed by atoms with van der Waals surface area (Å²) in [5.74, 6) is 1.47. The molecule has 0 spiro atoms. The van der Waals surface area contributed by atoms with E-state index < -0.39 is 0 Å². The molecule has 0 saturated heterocycles. The standard InChI is InChI=1S/C16H15BrClIO2/c1-9-5-4-6-10(16(9)19)15(18)11-7-14(21-3)12(17)8-13(11)20-2/h4-8,15H,1-3H3. The number of alkyl halides is 1. The van der Waals surface area contributed by atoms with E-state index in [-0.39, 0.29) is 5.38 Å². The van der Waals surface area contributed by atoms with Crippen molar-refractivity contribution in [3.05, 3.63) is 55.1 Å². The molecule has 1 unspecified atom stereocenters. The maximum atomic E-state index is 6.72. The molecule has 2 aromatic rings. The summed E-state index contributed by atoms with van der Waals surface area (Å²) in [5.41, 5.74) is 3.17. The molecule has 1 atom stereocenters. The molecule has 0 heterocycles. The van der Waals surface area contributed by atoms with Crippen LogP contribution in [0.2, 0.25) is 0 Å². The molecule has 0 radical (unpaired) electrons. The minimum Gasteiger partial charge on any atom is -0.496 e. The van der Waals surface area contributed by atoms with Gasteiger partial charge in [0.25, 0.3) is 0 Å². The third-order valence-electron chi connectivity index (χ3n) is 3.27. The topological polar surface area (TPSA) is 18.5 Å². The number of aryl methyl sites for hydroxylation is 1. The fraction of sp³-hybridized carbons (Fsp3) is 0.250. The van der Waals surface area contributed by atoms with Gasteiger partial charge in [-0.05, 0) is 68.7 Å². The fourth-order valence-corrected chi connectivity index (χ4v) is 3.81. The molecule has 0 bridgehead atoms. The van der Waals surface area contributed by atoms with Gasteiger partial charge < -0.3 is 9.47 Å². The van der Waals surface area contributed by atoms with Crippen LogP contribution >= 0.6 is 50.1 Å². The third-order valence-corrected chi connectivity index (χ3v) is 5.84. The molecule has 0 aromatic heterocycles. The van der Waals surface area contributed by atoms with E-state index in [9.17, 15) is 0 Å². The van der Waals surface area contributed by atoms with Gasteiger partial charge in [0.2, 0.25) is 0 Å². The Morgan fingerprint density at radius 2 is 1.76 bits per heavy atom. The number of hydrogen-bond acceptors (Lipinski definition) is 2. The van der Waals surface area contributed by atoms with Crippen molar-refractivity contribution in [1.82, 2.24) is 0 Å². The van der Waals surface area contributed by atoms with Crippen LogP contribution in [0.4, 0.5) is 0 Å². The fourth-order valence-electron chi connectivity index (χ4n) is 2.12. The SMILES string of the molecule is COc1cc(C(Cl)c2cccc(C)c2I)c(OC)cc1Br. The van der Waals surface area contributed by atoms with Gasteiger partial charge in [0.05, 0.1) is 24.1 Å². The van der Waals surface area contributed by atoms with E-state index in [1.54, 1.807) is 14.2 Å². The summed E-state index contributed by atoms with van der Waals surface area (Å²) in [6, 6.07) is 9.94. The summed E-state index contributed by atoms with van der Waals surface area (Å²) in [4.78, 5) is 0. The van der Waals surface area contributed by atoms with E-state index in [2.05, 4.69) is 51.5 Å². The van der Waals surface area contributed by atoms with E-state index in [0.29, 0.717) is 0 Å². The van der Waals surface area contributed by atoms with Crippen molar-refractivity contribution < 1.29 is 9.47 Å². The van der Waals surface area contributed by atoms with Crippen molar-refractivity contribution in [3.8, 4) is 11.5 Å². The monoisotopic (exact) mass is 480 g/mol. The van der Waals surface area contributed by atoms with Crippen LogP contribution in [0.1, 0.15) is 22.1 Å². The quantitative estimate of drug-likeness (QED) is 0.412. The molecule has 2 nitrogen and oxygen atoms in total. The Morgan fingerprint density at radius 3 is 2.38 bits per heavy atom. The van der Waals surface area contributed by atoms with Crippen LogP contribution in [0.15, 0.2) is 34.8 Å². The van der Waals surface area contributed by atoms with Crippen molar-refractivity contribution in [2.45, 2.75) is 12.3 Å². The lowest BCUT2D eigenvalue weighted by molar-refractivity contribution is 0.397. The summed E-state index contributed by atoms with van der Waals surface area (Å²) in [7, 11) is 3.28. The zero-order chi connectivity index (χ0) is 15.6. The largest absolute Gasteiger partial charge is 0.496 e. The van der Waals surface area contributed by atoms with Crippen LogP contribution in [0.25, 0.3) is 0 Å². The summed E-state index contributed by atoms with van der Waals surface area (Å²) in [6.45, 7) is 2.08. The zero-order valence-electron chi connectivity index (χ0n) is 11.9. The van der Waals surface area contributed by atoms with Crippen molar-refractivity contribution in [3.63, 3.8) is 0 Å². The Balaban J connectivity index is 2.56. The molecule has 0 aliphatic heterocycles. The second-order valence-electron chi connectivity index (χ2n) is 4.57. The highest BCUT2D eigenvalue weighted by atomic mass is 127. The molecule has 0 amide bonds. The molecule has 2 aromatic carbocycles. The van der Waals surface area contributed by atoms with Crippen LogP contribution in [0.3, 0.4) is 0 Å². The summed E-state index contributed by atoms with van der Waals surface area (Å²) in [6.07, 6.45) is 0. The third kappa shape index (κ3) is 3.48. The molecule has 5 heteroatoms. The van der Waals surface area contributed by atoms with Crippen molar-refractivity contribution in [2.75, 3.05) is 14.2 Å². The van der Waals surface area contributed by atoms with Crippen LogP contribution in [0.5, 0.6) is 11.5 Å². The van der Waals surface area contributed by atoms with Crippen LogP contribution in [0, 0.1) is 10.5 Å². The van der Waals surface area contributed by atoms with Gasteiger partial charge in [-0.15, -0.1) is 11.6 Å². The minimum atomic E-state index is -0.297. The normalized spacial score (nSPS) is 12.1. The molecule has 0 aliphatic carbocycles. The van der Waals surface area contributed by atoms with Gasteiger partial charge in [0.15, 0.2) is 0 Å². The number of benzene rings is 2.